The molecule has 0 saturated carbocycles. The summed E-state index contributed by atoms with van der Waals surface area (Å²) in [7, 11) is 0. The Hall–Kier alpha value is -0.730. The predicted octanol–water partition coefficient (Wildman–Crippen LogP) is 1.78. The molecular formula is C7H12N2O. The Labute approximate surface area is 60.5 Å². The van der Waals surface area contributed by atoms with Crippen molar-refractivity contribution in [3.63, 3.8) is 0 Å². The molecule has 0 N–H and O–H groups in total. The van der Waals surface area contributed by atoms with Gasteiger partial charge >= 0.3 is 0 Å². The van der Waals surface area contributed by atoms with Gasteiger partial charge in [-0.25, -0.2) is 0 Å². The lowest BCUT2D eigenvalue weighted by atomic mass is 10.0. The lowest BCUT2D eigenvalue weighted by Gasteiger charge is -2.04. The van der Waals surface area contributed by atoms with Crippen LogP contribution in [0.3, 0.4) is 0 Å². The molecule has 3 nitrogen and oxygen atoms in total. The van der Waals surface area contributed by atoms with Crippen molar-refractivity contribution in [3.05, 3.63) is 0 Å². The van der Waals surface area contributed by atoms with Gasteiger partial charge in [-0.1, -0.05) is 13.8 Å². The molecule has 1 heterocycles. The van der Waals surface area contributed by atoms with Crippen LogP contribution in [0.15, 0.2) is 10.2 Å². The molecular weight excluding hydrogens is 128 g/mol. The third-order valence-corrected chi connectivity index (χ3v) is 1.59. The maximum absolute atomic E-state index is 11.1. The summed E-state index contributed by atoms with van der Waals surface area (Å²) < 4.78 is 0. The predicted molar refractivity (Wildman–Crippen MR) is 37.7 cm³/mol. The Morgan fingerprint density at radius 1 is 1.50 bits per heavy atom. The summed E-state index contributed by atoms with van der Waals surface area (Å²) in [5, 5.41) is 7.52. The van der Waals surface area contributed by atoms with E-state index in [2.05, 4.69) is 10.2 Å². The van der Waals surface area contributed by atoms with Gasteiger partial charge in [-0.05, 0) is 6.92 Å². The SMILES string of the molecule is CC(C)C(=O)CC1(C)N=N1. The fourth-order valence-electron chi connectivity index (χ4n) is 0.690. The molecule has 0 unspecified atom stereocenters. The quantitative estimate of drug-likeness (QED) is 0.589. The first kappa shape index (κ1) is 7.38. The molecule has 0 aromatic rings. The molecule has 0 fully saturated rings. The molecule has 0 radical (unpaired) electrons. The Morgan fingerprint density at radius 2 is 2.00 bits per heavy atom. The molecule has 0 spiro atoms. The lowest BCUT2D eigenvalue weighted by molar-refractivity contribution is -0.122. The van der Waals surface area contributed by atoms with Crippen LogP contribution in [0.1, 0.15) is 27.2 Å². The fraction of sp³-hybridized carbons (Fsp3) is 0.857. The number of ketones is 1. The van der Waals surface area contributed by atoms with E-state index in [4.69, 9.17) is 0 Å². The van der Waals surface area contributed by atoms with Crippen LogP contribution in [0.5, 0.6) is 0 Å². The molecule has 1 aliphatic heterocycles. The van der Waals surface area contributed by atoms with Gasteiger partial charge in [-0.3, -0.25) is 4.79 Å². The summed E-state index contributed by atoms with van der Waals surface area (Å²) in [6.45, 7) is 5.66. The van der Waals surface area contributed by atoms with Gasteiger partial charge in [0.1, 0.15) is 5.78 Å². The van der Waals surface area contributed by atoms with Gasteiger partial charge in [0.05, 0.1) is 6.42 Å². The van der Waals surface area contributed by atoms with E-state index in [0.29, 0.717) is 6.42 Å². The lowest BCUT2D eigenvalue weighted by Crippen LogP contribution is -2.16. The maximum Gasteiger partial charge on any atom is 0.195 e. The Bertz CT molecular complexity index is 178. The highest BCUT2D eigenvalue weighted by molar-refractivity contribution is 5.81. The molecule has 0 aromatic heterocycles. The smallest absolute Gasteiger partial charge is 0.195 e. The fourth-order valence-corrected chi connectivity index (χ4v) is 0.690. The van der Waals surface area contributed by atoms with Crippen molar-refractivity contribution in [2.45, 2.75) is 32.9 Å². The number of nitrogens with zero attached hydrogens (tertiary/aromatic N) is 2. The Kier molecular flexibility index (Phi) is 1.58. The zero-order valence-electron chi connectivity index (χ0n) is 6.59. The van der Waals surface area contributed by atoms with Crippen LogP contribution in [-0.4, -0.2) is 11.4 Å². The van der Waals surface area contributed by atoms with Gasteiger partial charge in [0.2, 0.25) is 0 Å². The zero-order chi connectivity index (χ0) is 7.78. The Balaban J connectivity index is 2.32. The van der Waals surface area contributed by atoms with E-state index in [-0.39, 0.29) is 17.4 Å². The molecule has 0 bridgehead atoms. The summed E-state index contributed by atoms with van der Waals surface area (Å²) in [4.78, 5) is 11.1. The van der Waals surface area contributed by atoms with E-state index in [1.165, 1.54) is 0 Å². The molecule has 0 atom stereocenters. The van der Waals surface area contributed by atoms with Crippen LogP contribution in [0.25, 0.3) is 0 Å². The van der Waals surface area contributed by atoms with E-state index in [0.717, 1.165) is 0 Å². The van der Waals surface area contributed by atoms with Gasteiger partial charge in [-0.2, -0.15) is 10.2 Å². The van der Waals surface area contributed by atoms with Crippen LogP contribution >= 0.6 is 0 Å². The van der Waals surface area contributed by atoms with Crippen LogP contribution in [0.4, 0.5) is 0 Å². The first-order chi connectivity index (χ1) is 4.53. The summed E-state index contributed by atoms with van der Waals surface area (Å²) in [5.74, 6) is 0.357. The first-order valence-electron chi connectivity index (χ1n) is 3.50. The van der Waals surface area contributed by atoms with Crippen molar-refractivity contribution >= 4 is 5.78 Å². The van der Waals surface area contributed by atoms with E-state index in [1.807, 2.05) is 20.8 Å². The highest BCUT2D eigenvalue weighted by Gasteiger charge is 2.36. The highest BCUT2D eigenvalue weighted by Crippen LogP contribution is 2.31. The second kappa shape index (κ2) is 2.15. The van der Waals surface area contributed by atoms with E-state index >= 15 is 0 Å². The molecule has 56 valence electrons. The van der Waals surface area contributed by atoms with Gasteiger partial charge < -0.3 is 0 Å². The van der Waals surface area contributed by atoms with Crippen molar-refractivity contribution in [3.8, 4) is 0 Å². The molecule has 10 heavy (non-hydrogen) atoms. The minimum absolute atomic E-state index is 0.114. The molecule has 3 heteroatoms. The number of hydrogen-bond donors (Lipinski definition) is 0. The Morgan fingerprint density at radius 3 is 2.30 bits per heavy atom. The van der Waals surface area contributed by atoms with Gasteiger partial charge in [0, 0.05) is 5.92 Å². The maximum atomic E-state index is 11.1. The number of carbonyl (C=O) groups is 1. The summed E-state index contributed by atoms with van der Waals surface area (Å²) in [6, 6.07) is 0. The van der Waals surface area contributed by atoms with Crippen molar-refractivity contribution < 1.29 is 4.79 Å². The van der Waals surface area contributed by atoms with E-state index in [1.54, 1.807) is 0 Å². The van der Waals surface area contributed by atoms with Gasteiger partial charge in [0.15, 0.2) is 5.66 Å². The minimum Gasteiger partial charge on any atom is -0.299 e. The molecule has 0 aromatic carbocycles. The summed E-state index contributed by atoms with van der Waals surface area (Å²) >= 11 is 0. The second-order valence-electron chi connectivity index (χ2n) is 3.21. The standard InChI is InChI=1S/C7H12N2O/c1-5(2)6(10)4-7(3)8-9-7/h5H,4H2,1-3H3. The van der Waals surface area contributed by atoms with Crippen molar-refractivity contribution in [1.29, 1.82) is 0 Å². The normalized spacial score (nSPS) is 19.6. The van der Waals surface area contributed by atoms with Gasteiger partial charge in [-0.15, -0.1) is 0 Å². The largest absolute Gasteiger partial charge is 0.299 e. The van der Waals surface area contributed by atoms with E-state index in [9.17, 15) is 4.79 Å². The average molecular weight is 140 g/mol. The second-order valence-corrected chi connectivity index (χ2v) is 3.21. The number of Topliss-reactive ketones (excluding diaryl/α,β-unsaturated/α-hetero) is 1. The van der Waals surface area contributed by atoms with Crippen LogP contribution in [0.2, 0.25) is 0 Å². The van der Waals surface area contributed by atoms with Crippen molar-refractivity contribution in [1.82, 2.24) is 0 Å². The van der Waals surface area contributed by atoms with Gasteiger partial charge in [0.25, 0.3) is 0 Å². The monoisotopic (exact) mass is 140 g/mol. The summed E-state index contributed by atoms with van der Waals surface area (Å²) in [5.41, 5.74) is -0.346. The molecule has 0 aliphatic carbocycles. The third-order valence-electron chi connectivity index (χ3n) is 1.59. The molecule has 0 amide bonds. The van der Waals surface area contributed by atoms with Crippen LogP contribution in [-0.2, 0) is 4.79 Å². The number of carbonyl (C=O) groups excluding carboxylic acids is 1. The van der Waals surface area contributed by atoms with Crippen LogP contribution < -0.4 is 0 Å². The summed E-state index contributed by atoms with van der Waals surface area (Å²) in [6.07, 6.45) is 0.477. The highest BCUT2D eigenvalue weighted by atomic mass is 16.1. The van der Waals surface area contributed by atoms with Crippen molar-refractivity contribution in [2.24, 2.45) is 16.1 Å². The molecule has 1 aliphatic rings. The number of rotatable bonds is 3. The number of hydrogen-bond acceptors (Lipinski definition) is 3. The minimum atomic E-state index is -0.346. The molecule has 0 saturated heterocycles. The van der Waals surface area contributed by atoms with Crippen molar-refractivity contribution in [2.75, 3.05) is 0 Å². The average Bonchev–Trinajstić information content (AvgIpc) is 2.47. The van der Waals surface area contributed by atoms with Crippen LogP contribution in [0, 0.1) is 5.92 Å². The topological polar surface area (TPSA) is 41.8 Å². The third kappa shape index (κ3) is 1.62. The zero-order valence-corrected chi connectivity index (χ0v) is 6.59. The first-order valence-corrected chi connectivity index (χ1v) is 3.50. The van der Waals surface area contributed by atoms with E-state index < -0.39 is 0 Å². The molecule has 1 rings (SSSR count).